The molecule has 0 saturated carbocycles. The Morgan fingerprint density at radius 2 is 2.16 bits per heavy atom. The van der Waals surface area contributed by atoms with E-state index in [0.717, 1.165) is 22.5 Å². The summed E-state index contributed by atoms with van der Waals surface area (Å²) in [6.45, 7) is 4.65. The number of aryl methyl sites for hydroxylation is 2. The molecule has 0 spiro atoms. The van der Waals surface area contributed by atoms with Gasteiger partial charge < -0.3 is 9.13 Å². The summed E-state index contributed by atoms with van der Waals surface area (Å²) in [4.78, 5) is 12.0. The number of amides is 1. The minimum absolute atomic E-state index is 0.129. The topological polar surface area (TPSA) is 90.5 Å². The monoisotopic (exact) mass is 377 g/mol. The number of carbonyl (C=O) groups is 1. The highest BCUT2D eigenvalue weighted by atomic mass is 32.2. The van der Waals surface area contributed by atoms with Gasteiger partial charge in [0, 0.05) is 31.9 Å². The van der Waals surface area contributed by atoms with Crippen LogP contribution in [0, 0.1) is 6.92 Å². The second-order valence-corrected chi connectivity index (χ2v) is 7.52. The van der Waals surface area contributed by atoms with Gasteiger partial charge >= 0.3 is 0 Å². The summed E-state index contributed by atoms with van der Waals surface area (Å²) in [5, 5.41) is 21.1. The Balaban J connectivity index is 1.62. The summed E-state index contributed by atoms with van der Waals surface area (Å²) in [6, 6.07) is 4.08. The fourth-order valence-electron chi connectivity index (χ4n) is 2.35. The lowest BCUT2D eigenvalue weighted by atomic mass is 10.3. The fourth-order valence-corrected chi connectivity index (χ4v) is 3.78. The van der Waals surface area contributed by atoms with Crippen LogP contribution < -0.4 is 5.32 Å². The summed E-state index contributed by atoms with van der Waals surface area (Å²) in [5.74, 6) is 1.02. The number of nitrogens with one attached hydrogen (secondary N) is 1. The zero-order chi connectivity index (χ0) is 17.8. The molecule has 1 N–H and O–H groups in total. The Bertz CT molecular complexity index is 867. The molecular formula is C15H19N7OS2. The van der Waals surface area contributed by atoms with E-state index in [-0.39, 0.29) is 11.7 Å². The highest BCUT2D eigenvalue weighted by Crippen LogP contribution is 2.20. The predicted octanol–water partition coefficient (Wildman–Crippen LogP) is 2.12. The summed E-state index contributed by atoms with van der Waals surface area (Å²) in [5.41, 5.74) is 1.17. The van der Waals surface area contributed by atoms with Crippen molar-refractivity contribution in [3.8, 4) is 0 Å². The Labute approximate surface area is 153 Å². The normalized spacial score (nSPS) is 11.0. The summed E-state index contributed by atoms with van der Waals surface area (Å²) < 4.78 is 4.11. The molecule has 1 amide bonds. The molecule has 0 aliphatic heterocycles. The molecular weight excluding hydrogens is 358 g/mol. The van der Waals surface area contributed by atoms with Gasteiger partial charge in [-0.1, -0.05) is 23.1 Å². The van der Waals surface area contributed by atoms with E-state index in [9.17, 15) is 4.79 Å². The molecule has 3 aromatic rings. The zero-order valence-corrected chi connectivity index (χ0v) is 15.9. The molecule has 0 radical (unpaired) electrons. The minimum Gasteiger partial charge on any atom is -0.354 e. The van der Waals surface area contributed by atoms with Crippen molar-refractivity contribution in [2.75, 3.05) is 11.1 Å². The van der Waals surface area contributed by atoms with Crippen LogP contribution in [0.4, 0.5) is 5.13 Å². The summed E-state index contributed by atoms with van der Waals surface area (Å²) >= 11 is 2.72. The van der Waals surface area contributed by atoms with Crippen molar-refractivity contribution in [2.45, 2.75) is 32.0 Å². The number of rotatable bonds is 7. The van der Waals surface area contributed by atoms with Crippen molar-refractivity contribution >= 4 is 34.1 Å². The fraction of sp³-hybridized carbons (Fsp3) is 0.400. The van der Waals surface area contributed by atoms with Gasteiger partial charge in [0.1, 0.15) is 10.8 Å². The molecule has 3 heterocycles. The maximum Gasteiger partial charge on any atom is 0.236 e. The van der Waals surface area contributed by atoms with E-state index in [2.05, 4.69) is 36.3 Å². The number of carbonyl (C=O) groups excluding carboxylic acids is 1. The molecule has 0 aliphatic carbocycles. The molecule has 0 atom stereocenters. The van der Waals surface area contributed by atoms with E-state index < -0.39 is 0 Å². The summed E-state index contributed by atoms with van der Waals surface area (Å²) in [6.07, 6.45) is 2.72. The Hall–Kier alpha value is -2.20. The molecule has 0 aromatic carbocycles. The third-order valence-electron chi connectivity index (χ3n) is 3.60. The van der Waals surface area contributed by atoms with E-state index in [1.54, 1.807) is 0 Å². The molecule has 132 valence electrons. The molecule has 0 unspecified atom stereocenters. The van der Waals surface area contributed by atoms with Gasteiger partial charge in [0.05, 0.1) is 5.75 Å². The maximum atomic E-state index is 12.0. The lowest BCUT2D eigenvalue weighted by Crippen LogP contribution is -2.14. The molecule has 10 heteroatoms. The van der Waals surface area contributed by atoms with Crippen LogP contribution in [-0.4, -0.2) is 41.2 Å². The minimum atomic E-state index is -0.129. The molecule has 8 nitrogen and oxygen atoms in total. The second kappa shape index (κ2) is 7.79. The van der Waals surface area contributed by atoms with Gasteiger partial charge in [-0.3, -0.25) is 10.1 Å². The lowest BCUT2D eigenvalue weighted by molar-refractivity contribution is -0.113. The first-order chi connectivity index (χ1) is 12.1. The van der Waals surface area contributed by atoms with Crippen molar-refractivity contribution in [1.82, 2.24) is 29.5 Å². The quantitative estimate of drug-likeness (QED) is 0.634. The van der Waals surface area contributed by atoms with Crippen molar-refractivity contribution in [3.63, 3.8) is 0 Å². The van der Waals surface area contributed by atoms with Crippen LogP contribution in [0.2, 0.25) is 0 Å². The number of hydrogen-bond donors (Lipinski definition) is 1. The molecule has 3 rings (SSSR count). The Morgan fingerprint density at radius 3 is 2.80 bits per heavy atom. The smallest absolute Gasteiger partial charge is 0.236 e. The lowest BCUT2D eigenvalue weighted by Gasteiger charge is -2.08. The van der Waals surface area contributed by atoms with E-state index in [0.29, 0.717) is 11.6 Å². The Kier molecular flexibility index (Phi) is 5.49. The molecule has 0 bridgehead atoms. The van der Waals surface area contributed by atoms with Gasteiger partial charge in [-0.15, -0.1) is 20.4 Å². The standard InChI is InChI=1S/C15H19N7OS2/c1-4-22-12(8-11-6-5-7-21(11)3)18-20-15(22)24-9-13(23)16-14-19-17-10(2)25-14/h5-7H,4,8-9H2,1-3H3,(H,16,19,23). The zero-order valence-electron chi connectivity index (χ0n) is 14.3. The molecule has 0 fully saturated rings. The third-order valence-corrected chi connectivity index (χ3v) is 5.33. The SMILES string of the molecule is CCn1c(Cc2cccn2C)nnc1SCC(=O)Nc1nnc(C)s1. The highest BCUT2D eigenvalue weighted by molar-refractivity contribution is 7.99. The van der Waals surface area contributed by atoms with Crippen LogP contribution in [0.3, 0.4) is 0 Å². The van der Waals surface area contributed by atoms with Gasteiger partial charge in [-0.25, -0.2) is 0 Å². The van der Waals surface area contributed by atoms with Crippen molar-refractivity contribution in [1.29, 1.82) is 0 Å². The average Bonchev–Trinajstić information content (AvgIpc) is 3.28. The first-order valence-corrected chi connectivity index (χ1v) is 9.62. The van der Waals surface area contributed by atoms with Crippen LogP contribution in [0.25, 0.3) is 0 Å². The first-order valence-electron chi connectivity index (χ1n) is 7.82. The maximum absolute atomic E-state index is 12.0. The van der Waals surface area contributed by atoms with Gasteiger partial charge in [0.25, 0.3) is 0 Å². The number of thioether (sulfide) groups is 1. The molecule has 25 heavy (non-hydrogen) atoms. The van der Waals surface area contributed by atoms with E-state index >= 15 is 0 Å². The molecule has 3 aromatic heterocycles. The third kappa shape index (κ3) is 4.26. The van der Waals surface area contributed by atoms with Crippen molar-refractivity contribution < 1.29 is 4.79 Å². The van der Waals surface area contributed by atoms with Gasteiger partial charge in [0.2, 0.25) is 11.0 Å². The molecule has 0 aliphatic rings. The van der Waals surface area contributed by atoms with E-state index in [1.807, 2.05) is 37.7 Å². The van der Waals surface area contributed by atoms with Gasteiger partial charge in [-0.05, 0) is 26.0 Å². The van der Waals surface area contributed by atoms with E-state index in [1.165, 1.54) is 28.8 Å². The van der Waals surface area contributed by atoms with Crippen LogP contribution in [0.15, 0.2) is 23.5 Å². The number of anilines is 1. The van der Waals surface area contributed by atoms with Crippen molar-refractivity contribution in [2.24, 2.45) is 7.05 Å². The van der Waals surface area contributed by atoms with Crippen LogP contribution in [0.5, 0.6) is 0 Å². The van der Waals surface area contributed by atoms with Crippen molar-refractivity contribution in [3.05, 3.63) is 34.9 Å². The van der Waals surface area contributed by atoms with Gasteiger partial charge in [0.15, 0.2) is 5.16 Å². The van der Waals surface area contributed by atoms with Gasteiger partial charge in [-0.2, -0.15) is 0 Å². The van der Waals surface area contributed by atoms with Crippen LogP contribution in [-0.2, 0) is 24.8 Å². The molecule has 0 saturated heterocycles. The Morgan fingerprint density at radius 1 is 1.32 bits per heavy atom. The van der Waals surface area contributed by atoms with Crippen LogP contribution in [0.1, 0.15) is 23.4 Å². The van der Waals surface area contributed by atoms with E-state index in [4.69, 9.17) is 0 Å². The first kappa shape index (κ1) is 17.6. The predicted molar refractivity (Wildman–Crippen MR) is 97.9 cm³/mol. The average molecular weight is 377 g/mol. The second-order valence-electron chi connectivity index (χ2n) is 5.39. The van der Waals surface area contributed by atoms with Crippen LogP contribution >= 0.6 is 23.1 Å². The number of hydrogen-bond acceptors (Lipinski definition) is 7. The number of nitrogens with zero attached hydrogens (tertiary/aromatic N) is 6. The highest BCUT2D eigenvalue weighted by Gasteiger charge is 2.15. The largest absolute Gasteiger partial charge is 0.354 e. The number of aromatic nitrogens is 6. The summed E-state index contributed by atoms with van der Waals surface area (Å²) in [7, 11) is 2.01.